The zero-order valence-electron chi connectivity index (χ0n) is 12.9. The molecule has 124 valence electrons. The topological polar surface area (TPSA) is 41.1 Å². The number of carbonyl (C=O) groups is 1. The molecule has 1 unspecified atom stereocenters. The summed E-state index contributed by atoms with van der Waals surface area (Å²) < 4.78 is 13.0. The van der Waals surface area contributed by atoms with E-state index in [0.29, 0.717) is 17.5 Å². The number of hydrogen-bond acceptors (Lipinski definition) is 3. The second-order valence-corrected chi connectivity index (χ2v) is 6.85. The standard InChI is InChI=1S/C17H19FN2OS.ClH/c1-11-15(12-4-6-13(18)7-5-12)9-16(22-11)17(21)20-10-14-3-2-8-19-14;/h4-7,9,14,19H,2-3,8,10H2,1H3,(H,20,21);1H. The summed E-state index contributed by atoms with van der Waals surface area (Å²) in [7, 11) is 0. The Morgan fingerprint density at radius 1 is 1.39 bits per heavy atom. The first-order valence-electron chi connectivity index (χ1n) is 7.51. The Morgan fingerprint density at radius 3 is 2.78 bits per heavy atom. The Morgan fingerprint density at radius 2 is 2.13 bits per heavy atom. The van der Waals surface area contributed by atoms with Crippen molar-refractivity contribution in [3.05, 3.63) is 45.9 Å². The fourth-order valence-electron chi connectivity index (χ4n) is 2.74. The SMILES string of the molecule is Cc1sc(C(=O)NCC2CCCN2)cc1-c1ccc(F)cc1.Cl. The highest BCUT2D eigenvalue weighted by molar-refractivity contribution is 7.14. The zero-order valence-corrected chi connectivity index (χ0v) is 14.5. The van der Waals surface area contributed by atoms with Crippen LogP contribution in [0.15, 0.2) is 30.3 Å². The molecule has 1 saturated heterocycles. The third kappa shape index (κ3) is 4.31. The molecule has 1 aromatic carbocycles. The van der Waals surface area contributed by atoms with Crippen LogP contribution in [-0.2, 0) is 0 Å². The minimum absolute atomic E-state index is 0. The van der Waals surface area contributed by atoms with E-state index in [9.17, 15) is 9.18 Å². The summed E-state index contributed by atoms with van der Waals surface area (Å²) >= 11 is 1.48. The van der Waals surface area contributed by atoms with Crippen LogP contribution in [0.5, 0.6) is 0 Å². The summed E-state index contributed by atoms with van der Waals surface area (Å²) in [6.07, 6.45) is 2.29. The van der Waals surface area contributed by atoms with Crippen LogP contribution >= 0.6 is 23.7 Å². The molecule has 0 bridgehead atoms. The Hall–Kier alpha value is -1.43. The number of benzene rings is 1. The molecule has 1 aliphatic heterocycles. The van der Waals surface area contributed by atoms with E-state index >= 15 is 0 Å². The highest BCUT2D eigenvalue weighted by Crippen LogP contribution is 2.31. The van der Waals surface area contributed by atoms with Gasteiger partial charge in [-0.1, -0.05) is 12.1 Å². The fourth-order valence-corrected chi connectivity index (χ4v) is 3.70. The molecule has 1 aromatic heterocycles. The number of rotatable bonds is 4. The molecule has 1 fully saturated rings. The van der Waals surface area contributed by atoms with Crippen molar-refractivity contribution in [1.82, 2.24) is 10.6 Å². The minimum Gasteiger partial charge on any atom is -0.350 e. The van der Waals surface area contributed by atoms with E-state index in [0.717, 1.165) is 29.0 Å². The second-order valence-electron chi connectivity index (χ2n) is 5.59. The van der Waals surface area contributed by atoms with Crippen molar-refractivity contribution in [3.63, 3.8) is 0 Å². The molecule has 2 heterocycles. The molecule has 3 nitrogen and oxygen atoms in total. The molecule has 2 aromatic rings. The zero-order chi connectivity index (χ0) is 15.5. The smallest absolute Gasteiger partial charge is 0.261 e. The third-order valence-corrected chi connectivity index (χ3v) is 5.02. The van der Waals surface area contributed by atoms with E-state index < -0.39 is 0 Å². The van der Waals surface area contributed by atoms with Gasteiger partial charge in [0.2, 0.25) is 0 Å². The van der Waals surface area contributed by atoms with E-state index in [2.05, 4.69) is 10.6 Å². The number of carbonyl (C=O) groups excluding carboxylic acids is 1. The summed E-state index contributed by atoms with van der Waals surface area (Å²) in [5, 5.41) is 6.36. The van der Waals surface area contributed by atoms with Crippen molar-refractivity contribution in [2.24, 2.45) is 0 Å². The molecule has 1 aliphatic rings. The number of amides is 1. The Balaban J connectivity index is 0.00000192. The maximum Gasteiger partial charge on any atom is 0.261 e. The van der Waals surface area contributed by atoms with Gasteiger partial charge in [0.05, 0.1) is 4.88 Å². The lowest BCUT2D eigenvalue weighted by atomic mass is 10.1. The van der Waals surface area contributed by atoms with Gasteiger partial charge in [0.25, 0.3) is 5.91 Å². The van der Waals surface area contributed by atoms with Gasteiger partial charge in [-0.15, -0.1) is 23.7 Å². The van der Waals surface area contributed by atoms with E-state index in [1.165, 1.54) is 29.9 Å². The summed E-state index contributed by atoms with van der Waals surface area (Å²) in [4.78, 5) is 14.0. The number of halogens is 2. The molecule has 23 heavy (non-hydrogen) atoms. The molecular weight excluding hydrogens is 335 g/mol. The van der Waals surface area contributed by atoms with Crippen LogP contribution in [0.4, 0.5) is 4.39 Å². The summed E-state index contributed by atoms with van der Waals surface area (Å²) in [5.74, 6) is -0.283. The van der Waals surface area contributed by atoms with Crippen molar-refractivity contribution in [1.29, 1.82) is 0 Å². The van der Waals surface area contributed by atoms with Gasteiger partial charge in [-0.2, -0.15) is 0 Å². The number of aryl methyl sites for hydroxylation is 1. The predicted molar refractivity (Wildman–Crippen MR) is 95.1 cm³/mol. The number of nitrogens with one attached hydrogen (secondary N) is 2. The molecule has 0 saturated carbocycles. The second kappa shape index (κ2) is 7.90. The fraction of sp³-hybridized carbons (Fsp3) is 0.353. The molecule has 0 aliphatic carbocycles. The predicted octanol–water partition coefficient (Wildman–Crippen LogP) is 3.77. The van der Waals surface area contributed by atoms with Gasteiger partial charge in [0.15, 0.2) is 0 Å². The minimum atomic E-state index is -0.251. The highest BCUT2D eigenvalue weighted by Gasteiger charge is 2.17. The van der Waals surface area contributed by atoms with Crippen molar-refractivity contribution in [2.45, 2.75) is 25.8 Å². The first-order chi connectivity index (χ1) is 10.6. The van der Waals surface area contributed by atoms with Gasteiger partial charge >= 0.3 is 0 Å². The van der Waals surface area contributed by atoms with Crippen LogP contribution in [0.1, 0.15) is 27.4 Å². The van der Waals surface area contributed by atoms with Crippen molar-refractivity contribution < 1.29 is 9.18 Å². The van der Waals surface area contributed by atoms with Crippen LogP contribution in [0, 0.1) is 12.7 Å². The molecular formula is C17H20ClFN2OS. The van der Waals surface area contributed by atoms with E-state index in [4.69, 9.17) is 0 Å². The maximum atomic E-state index is 13.0. The normalized spacial score (nSPS) is 16.9. The molecule has 2 N–H and O–H groups in total. The van der Waals surface area contributed by atoms with Crippen LogP contribution < -0.4 is 10.6 Å². The van der Waals surface area contributed by atoms with Gasteiger partial charge in [0, 0.05) is 17.5 Å². The molecule has 3 rings (SSSR count). The molecule has 0 radical (unpaired) electrons. The first-order valence-corrected chi connectivity index (χ1v) is 8.33. The highest BCUT2D eigenvalue weighted by atomic mass is 35.5. The lowest BCUT2D eigenvalue weighted by Crippen LogP contribution is -2.36. The van der Waals surface area contributed by atoms with Crippen molar-refractivity contribution in [2.75, 3.05) is 13.1 Å². The monoisotopic (exact) mass is 354 g/mol. The van der Waals surface area contributed by atoms with Crippen LogP contribution in [0.3, 0.4) is 0 Å². The maximum absolute atomic E-state index is 13.0. The number of hydrogen-bond donors (Lipinski definition) is 2. The van der Waals surface area contributed by atoms with E-state index in [-0.39, 0.29) is 24.1 Å². The quantitative estimate of drug-likeness (QED) is 0.877. The lowest BCUT2D eigenvalue weighted by molar-refractivity contribution is 0.0954. The Kier molecular flexibility index (Phi) is 6.16. The van der Waals surface area contributed by atoms with Crippen LogP contribution in [0.2, 0.25) is 0 Å². The van der Waals surface area contributed by atoms with E-state index in [1.807, 2.05) is 13.0 Å². The van der Waals surface area contributed by atoms with Gasteiger partial charge in [0.1, 0.15) is 5.82 Å². The van der Waals surface area contributed by atoms with Gasteiger partial charge in [-0.25, -0.2) is 4.39 Å². The lowest BCUT2D eigenvalue weighted by Gasteiger charge is -2.10. The summed E-state index contributed by atoms with van der Waals surface area (Å²) in [5.41, 5.74) is 1.93. The van der Waals surface area contributed by atoms with Gasteiger partial charge < -0.3 is 10.6 Å². The Labute approximate surface area is 145 Å². The average Bonchev–Trinajstić information content (AvgIpc) is 3.15. The molecule has 1 amide bonds. The molecule has 0 spiro atoms. The number of thiophene rings is 1. The van der Waals surface area contributed by atoms with Crippen LogP contribution in [-0.4, -0.2) is 25.0 Å². The van der Waals surface area contributed by atoms with Crippen molar-refractivity contribution >= 4 is 29.7 Å². The van der Waals surface area contributed by atoms with Gasteiger partial charge in [-0.05, 0) is 55.6 Å². The first kappa shape index (κ1) is 17.9. The van der Waals surface area contributed by atoms with Gasteiger partial charge in [-0.3, -0.25) is 4.79 Å². The molecule has 1 atom stereocenters. The van der Waals surface area contributed by atoms with Crippen LogP contribution in [0.25, 0.3) is 11.1 Å². The average molecular weight is 355 g/mol. The van der Waals surface area contributed by atoms with Crippen molar-refractivity contribution in [3.8, 4) is 11.1 Å². The largest absolute Gasteiger partial charge is 0.350 e. The Bertz CT molecular complexity index is 666. The summed E-state index contributed by atoms with van der Waals surface area (Å²) in [6, 6.07) is 8.66. The summed E-state index contributed by atoms with van der Waals surface area (Å²) in [6.45, 7) is 3.69. The van der Waals surface area contributed by atoms with E-state index in [1.54, 1.807) is 12.1 Å². The molecule has 6 heteroatoms. The third-order valence-electron chi connectivity index (χ3n) is 3.97.